The van der Waals surface area contributed by atoms with Crippen LogP contribution in [-0.2, 0) is 15.6 Å². The Bertz CT molecular complexity index is 1470. The minimum Gasteiger partial charge on any atom is -0.386 e. The molecule has 5 rings (SSSR count). The van der Waals surface area contributed by atoms with Crippen LogP contribution in [0.15, 0.2) is 60.8 Å². The van der Waals surface area contributed by atoms with Crippen molar-refractivity contribution in [2.24, 2.45) is 0 Å². The molecule has 0 aliphatic heterocycles. The van der Waals surface area contributed by atoms with Crippen molar-refractivity contribution in [3.63, 3.8) is 0 Å². The van der Waals surface area contributed by atoms with E-state index in [2.05, 4.69) is 14.7 Å². The number of halogens is 1. The molecule has 1 aliphatic carbocycles. The van der Waals surface area contributed by atoms with Gasteiger partial charge in [0.15, 0.2) is 0 Å². The van der Waals surface area contributed by atoms with E-state index in [-0.39, 0.29) is 5.25 Å². The van der Waals surface area contributed by atoms with Gasteiger partial charge in [-0.15, -0.1) is 0 Å². The second-order valence-electron chi connectivity index (χ2n) is 9.13. The van der Waals surface area contributed by atoms with Crippen LogP contribution in [0.4, 0.5) is 0 Å². The molecular formula is C25H25ClN4O3S. The Morgan fingerprint density at radius 2 is 1.91 bits per heavy atom. The minimum atomic E-state index is -3.53. The summed E-state index contributed by atoms with van der Waals surface area (Å²) >= 11 is 6.47. The van der Waals surface area contributed by atoms with E-state index >= 15 is 0 Å². The van der Waals surface area contributed by atoms with Crippen LogP contribution >= 0.6 is 11.6 Å². The Balaban J connectivity index is 1.63. The van der Waals surface area contributed by atoms with Gasteiger partial charge in [0.25, 0.3) is 0 Å². The molecule has 176 valence electrons. The predicted molar refractivity (Wildman–Crippen MR) is 133 cm³/mol. The Kier molecular flexibility index (Phi) is 5.72. The van der Waals surface area contributed by atoms with Crippen LogP contribution in [0.5, 0.6) is 0 Å². The normalized spacial score (nSPS) is 15.5. The fourth-order valence-electron chi connectivity index (χ4n) is 3.97. The molecule has 2 aromatic carbocycles. The van der Waals surface area contributed by atoms with E-state index in [0.29, 0.717) is 40.5 Å². The molecule has 2 heterocycles. The molecule has 0 bridgehead atoms. The fourth-order valence-corrected chi connectivity index (χ4v) is 5.73. The van der Waals surface area contributed by atoms with Crippen LogP contribution in [0.2, 0.25) is 5.02 Å². The molecule has 0 amide bonds. The van der Waals surface area contributed by atoms with Crippen molar-refractivity contribution in [2.75, 3.05) is 0 Å². The molecule has 1 atom stereocenters. The van der Waals surface area contributed by atoms with Gasteiger partial charge in [-0.3, -0.25) is 4.98 Å². The molecule has 2 aromatic heterocycles. The number of hydrogen-bond acceptors (Lipinski definition) is 5. The van der Waals surface area contributed by atoms with Crippen molar-refractivity contribution in [3.8, 4) is 11.3 Å². The number of aromatic amines is 1. The molecule has 1 fully saturated rings. The maximum absolute atomic E-state index is 12.9. The molecule has 0 spiro atoms. The number of aliphatic hydroxyl groups is 1. The lowest BCUT2D eigenvalue weighted by molar-refractivity contribution is 0.0785. The number of nitrogens with zero attached hydrogens (tertiary/aromatic N) is 2. The zero-order valence-corrected chi connectivity index (χ0v) is 20.4. The van der Waals surface area contributed by atoms with Crippen molar-refractivity contribution in [1.82, 2.24) is 19.7 Å². The molecule has 34 heavy (non-hydrogen) atoms. The molecule has 1 unspecified atom stereocenters. The van der Waals surface area contributed by atoms with Crippen molar-refractivity contribution < 1.29 is 13.5 Å². The van der Waals surface area contributed by atoms with Gasteiger partial charge >= 0.3 is 0 Å². The van der Waals surface area contributed by atoms with E-state index in [4.69, 9.17) is 16.6 Å². The van der Waals surface area contributed by atoms with E-state index in [0.717, 1.165) is 16.6 Å². The average molecular weight is 497 g/mol. The summed E-state index contributed by atoms with van der Waals surface area (Å²) in [6.07, 6.45) is 2.96. The van der Waals surface area contributed by atoms with Gasteiger partial charge in [0, 0.05) is 16.8 Å². The molecule has 3 N–H and O–H groups in total. The van der Waals surface area contributed by atoms with Crippen LogP contribution in [0, 0.1) is 0 Å². The summed E-state index contributed by atoms with van der Waals surface area (Å²) in [5.74, 6) is 0.443. The van der Waals surface area contributed by atoms with Crippen LogP contribution in [0.3, 0.4) is 0 Å². The first-order valence-electron chi connectivity index (χ1n) is 11.1. The first kappa shape index (κ1) is 23.0. The van der Waals surface area contributed by atoms with Gasteiger partial charge in [-0.1, -0.05) is 41.9 Å². The SMILES string of the molecule is CC(C)(O)c1ccnc(-c2cccc3[nH]c(C(NS(=O)(=O)C4CC4)c4ccccc4Cl)nc23)c1. The lowest BCUT2D eigenvalue weighted by atomic mass is 9.97. The summed E-state index contributed by atoms with van der Waals surface area (Å²) in [5.41, 5.74) is 3.17. The van der Waals surface area contributed by atoms with Crippen LogP contribution in [-0.4, -0.2) is 33.7 Å². The Morgan fingerprint density at radius 1 is 1.15 bits per heavy atom. The van der Waals surface area contributed by atoms with E-state index in [1.165, 1.54) is 0 Å². The summed E-state index contributed by atoms with van der Waals surface area (Å²) in [7, 11) is -3.53. The number of fused-ring (bicyclic) bond motifs is 1. The number of nitrogens with one attached hydrogen (secondary N) is 2. The Labute approximate surface area is 203 Å². The summed E-state index contributed by atoms with van der Waals surface area (Å²) in [6, 6.07) is 15.7. The highest BCUT2D eigenvalue weighted by Gasteiger charge is 2.38. The van der Waals surface area contributed by atoms with Gasteiger partial charge in [0.1, 0.15) is 11.9 Å². The predicted octanol–water partition coefficient (Wildman–Crippen LogP) is 4.68. The van der Waals surface area contributed by atoms with E-state index in [9.17, 15) is 13.5 Å². The molecule has 7 nitrogen and oxygen atoms in total. The lowest BCUT2D eigenvalue weighted by Crippen LogP contribution is -2.32. The van der Waals surface area contributed by atoms with Crippen molar-refractivity contribution in [2.45, 2.75) is 43.6 Å². The van der Waals surface area contributed by atoms with Crippen LogP contribution < -0.4 is 4.72 Å². The third-order valence-electron chi connectivity index (χ3n) is 6.01. The maximum Gasteiger partial charge on any atom is 0.215 e. The number of hydrogen-bond donors (Lipinski definition) is 3. The number of aromatic nitrogens is 3. The minimum absolute atomic E-state index is 0.383. The molecule has 1 saturated carbocycles. The molecule has 1 aliphatic rings. The summed E-state index contributed by atoms with van der Waals surface area (Å²) < 4.78 is 28.6. The van der Waals surface area contributed by atoms with Gasteiger partial charge in [-0.05, 0) is 62.1 Å². The maximum atomic E-state index is 12.9. The number of rotatable bonds is 7. The molecule has 9 heteroatoms. The Hall–Kier alpha value is -2.78. The van der Waals surface area contributed by atoms with Gasteiger partial charge in [-0.2, -0.15) is 4.72 Å². The topological polar surface area (TPSA) is 108 Å². The molecule has 0 saturated heterocycles. The molecular weight excluding hydrogens is 472 g/mol. The van der Waals surface area contributed by atoms with E-state index < -0.39 is 21.7 Å². The quantitative estimate of drug-likeness (QED) is 0.344. The van der Waals surface area contributed by atoms with Crippen LogP contribution in [0.25, 0.3) is 22.3 Å². The second kappa shape index (κ2) is 8.46. The summed E-state index contributed by atoms with van der Waals surface area (Å²) in [5, 5.41) is 10.5. The third kappa shape index (κ3) is 4.46. The second-order valence-corrected chi connectivity index (χ2v) is 11.5. The van der Waals surface area contributed by atoms with Crippen molar-refractivity contribution in [1.29, 1.82) is 0 Å². The monoisotopic (exact) mass is 496 g/mol. The first-order valence-corrected chi connectivity index (χ1v) is 13.0. The fraction of sp³-hybridized carbons (Fsp3) is 0.280. The molecule has 0 radical (unpaired) electrons. The van der Waals surface area contributed by atoms with Gasteiger partial charge in [-0.25, -0.2) is 13.4 Å². The zero-order chi connectivity index (χ0) is 24.1. The van der Waals surface area contributed by atoms with Crippen LogP contribution in [0.1, 0.15) is 49.7 Å². The third-order valence-corrected chi connectivity index (χ3v) is 8.27. The average Bonchev–Trinajstić information content (AvgIpc) is 3.57. The Morgan fingerprint density at radius 3 is 2.62 bits per heavy atom. The van der Waals surface area contributed by atoms with E-state index in [1.807, 2.05) is 30.3 Å². The number of imidazole rings is 1. The zero-order valence-electron chi connectivity index (χ0n) is 18.8. The summed E-state index contributed by atoms with van der Waals surface area (Å²) in [6.45, 7) is 3.44. The highest BCUT2D eigenvalue weighted by Crippen LogP contribution is 2.35. The number of sulfonamides is 1. The van der Waals surface area contributed by atoms with Gasteiger partial charge < -0.3 is 10.1 Å². The number of para-hydroxylation sites is 1. The van der Waals surface area contributed by atoms with Crippen molar-refractivity contribution in [3.05, 3.63) is 82.8 Å². The first-order chi connectivity index (χ1) is 16.1. The summed E-state index contributed by atoms with van der Waals surface area (Å²) in [4.78, 5) is 12.6. The number of pyridine rings is 1. The standard InChI is InChI=1S/C25H25ClN4O3S/c1-25(2,31)15-12-13-27-21(14-15)18-7-5-9-20-22(18)29-24(28-20)23(17-6-3-4-8-19(17)26)30-34(32,33)16-10-11-16/h3-9,12-14,16,23,30-31H,10-11H2,1-2H3,(H,28,29). The van der Waals surface area contributed by atoms with Gasteiger partial charge in [0.2, 0.25) is 10.0 Å². The van der Waals surface area contributed by atoms with Gasteiger partial charge in [0.05, 0.1) is 27.6 Å². The smallest absolute Gasteiger partial charge is 0.215 e. The number of H-pyrrole nitrogens is 1. The number of benzene rings is 2. The van der Waals surface area contributed by atoms with E-state index in [1.54, 1.807) is 44.3 Å². The van der Waals surface area contributed by atoms with Crippen molar-refractivity contribution >= 4 is 32.7 Å². The lowest BCUT2D eigenvalue weighted by Gasteiger charge is -2.18. The largest absolute Gasteiger partial charge is 0.386 e. The highest BCUT2D eigenvalue weighted by molar-refractivity contribution is 7.90. The highest BCUT2D eigenvalue weighted by atomic mass is 35.5. The molecule has 4 aromatic rings.